The molecular formula is C9H16N2. The molecule has 0 amide bonds. The summed E-state index contributed by atoms with van der Waals surface area (Å²) in [7, 11) is 0. The lowest BCUT2D eigenvalue weighted by molar-refractivity contribution is 0.0720. The number of nitrogens with zero attached hydrogens (tertiary/aromatic N) is 1. The van der Waals surface area contributed by atoms with Crippen LogP contribution in [0.5, 0.6) is 0 Å². The highest BCUT2D eigenvalue weighted by Gasteiger charge is 2.50. The summed E-state index contributed by atoms with van der Waals surface area (Å²) < 4.78 is 0. The summed E-state index contributed by atoms with van der Waals surface area (Å²) in [6, 6.07) is 0.986. The van der Waals surface area contributed by atoms with Crippen molar-refractivity contribution in [2.45, 2.75) is 37.3 Å². The summed E-state index contributed by atoms with van der Waals surface area (Å²) in [6.45, 7) is 3.92. The van der Waals surface area contributed by atoms with Crippen LogP contribution >= 0.6 is 0 Å². The van der Waals surface area contributed by atoms with Crippen molar-refractivity contribution >= 4 is 0 Å². The smallest absolute Gasteiger partial charge is 0.0461 e. The second-order valence-electron chi connectivity index (χ2n) is 4.36. The first-order valence-electron chi connectivity index (χ1n) is 4.88. The highest BCUT2D eigenvalue weighted by molar-refractivity contribution is 5.09. The van der Waals surface area contributed by atoms with Crippen LogP contribution in [-0.4, -0.2) is 36.1 Å². The van der Waals surface area contributed by atoms with E-state index in [1.165, 1.54) is 45.3 Å². The Morgan fingerprint density at radius 1 is 1.27 bits per heavy atom. The van der Waals surface area contributed by atoms with E-state index in [4.69, 9.17) is 0 Å². The summed E-state index contributed by atoms with van der Waals surface area (Å²) in [5.74, 6) is 0. The first kappa shape index (κ1) is 6.44. The molecule has 1 saturated carbocycles. The van der Waals surface area contributed by atoms with Gasteiger partial charge in [-0.25, -0.2) is 0 Å². The van der Waals surface area contributed by atoms with Crippen LogP contribution in [0.3, 0.4) is 0 Å². The standard InChI is InChI=1S/C9H16N2/c1-4-9(6-10-7-9)11(5-1)8-2-3-8/h8,10H,1-7H2. The summed E-state index contributed by atoms with van der Waals surface area (Å²) in [5, 5.41) is 3.41. The van der Waals surface area contributed by atoms with Crippen LogP contribution in [0.15, 0.2) is 0 Å². The van der Waals surface area contributed by atoms with Crippen LogP contribution in [0.2, 0.25) is 0 Å². The Kier molecular flexibility index (Phi) is 1.16. The number of rotatable bonds is 1. The molecule has 1 N–H and O–H groups in total. The minimum Gasteiger partial charge on any atom is -0.313 e. The van der Waals surface area contributed by atoms with E-state index in [-0.39, 0.29) is 0 Å². The van der Waals surface area contributed by atoms with Crippen molar-refractivity contribution in [2.24, 2.45) is 0 Å². The van der Waals surface area contributed by atoms with Gasteiger partial charge in [-0.05, 0) is 32.2 Å². The zero-order chi connectivity index (χ0) is 7.31. The summed E-state index contributed by atoms with van der Waals surface area (Å²) in [6.07, 6.45) is 5.85. The van der Waals surface area contributed by atoms with Gasteiger partial charge in [-0.1, -0.05) is 0 Å². The van der Waals surface area contributed by atoms with Gasteiger partial charge in [0.15, 0.2) is 0 Å². The van der Waals surface area contributed by atoms with Crippen LogP contribution in [0, 0.1) is 0 Å². The predicted molar refractivity (Wildman–Crippen MR) is 44.6 cm³/mol. The van der Waals surface area contributed by atoms with Crippen LogP contribution in [0.1, 0.15) is 25.7 Å². The second-order valence-corrected chi connectivity index (χ2v) is 4.36. The molecule has 2 nitrogen and oxygen atoms in total. The molecule has 2 saturated heterocycles. The number of hydrogen-bond donors (Lipinski definition) is 1. The van der Waals surface area contributed by atoms with Gasteiger partial charge in [0.2, 0.25) is 0 Å². The van der Waals surface area contributed by atoms with E-state index in [0.29, 0.717) is 5.54 Å². The zero-order valence-corrected chi connectivity index (χ0v) is 6.97. The zero-order valence-electron chi connectivity index (χ0n) is 6.97. The average Bonchev–Trinajstić information content (AvgIpc) is 2.66. The van der Waals surface area contributed by atoms with Crippen molar-refractivity contribution in [3.63, 3.8) is 0 Å². The molecular weight excluding hydrogens is 136 g/mol. The molecule has 3 fully saturated rings. The minimum absolute atomic E-state index is 0.640. The monoisotopic (exact) mass is 152 g/mol. The quantitative estimate of drug-likeness (QED) is 0.591. The van der Waals surface area contributed by atoms with Gasteiger partial charge in [-0.3, -0.25) is 4.90 Å². The van der Waals surface area contributed by atoms with E-state index < -0.39 is 0 Å². The van der Waals surface area contributed by atoms with Gasteiger partial charge in [-0.2, -0.15) is 0 Å². The molecule has 3 rings (SSSR count). The maximum Gasteiger partial charge on any atom is 0.0461 e. The van der Waals surface area contributed by atoms with Gasteiger partial charge < -0.3 is 5.32 Å². The molecule has 0 bridgehead atoms. The summed E-state index contributed by atoms with van der Waals surface area (Å²) >= 11 is 0. The Labute approximate surface area is 68.0 Å². The van der Waals surface area contributed by atoms with Crippen molar-refractivity contribution in [3.05, 3.63) is 0 Å². The molecule has 0 aromatic heterocycles. The van der Waals surface area contributed by atoms with Crippen LogP contribution in [-0.2, 0) is 0 Å². The van der Waals surface area contributed by atoms with E-state index in [2.05, 4.69) is 10.2 Å². The van der Waals surface area contributed by atoms with Gasteiger partial charge in [-0.15, -0.1) is 0 Å². The lowest BCUT2D eigenvalue weighted by Gasteiger charge is -2.46. The largest absolute Gasteiger partial charge is 0.313 e. The van der Waals surface area contributed by atoms with Gasteiger partial charge in [0.05, 0.1) is 0 Å². The molecule has 0 aromatic rings. The highest BCUT2D eigenvalue weighted by Crippen LogP contribution is 2.41. The highest BCUT2D eigenvalue weighted by atomic mass is 15.3. The Morgan fingerprint density at radius 2 is 2.09 bits per heavy atom. The molecule has 1 spiro atoms. The second kappa shape index (κ2) is 1.99. The van der Waals surface area contributed by atoms with E-state index in [0.717, 1.165) is 6.04 Å². The molecule has 1 aliphatic carbocycles. The average molecular weight is 152 g/mol. The van der Waals surface area contributed by atoms with Crippen LogP contribution in [0.4, 0.5) is 0 Å². The first-order chi connectivity index (χ1) is 5.41. The topological polar surface area (TPSA) is 15.3 Å². The molecule has 3 aliphatic rings. The van der Waals surface area contributed by atoms with Crippen molar-refractivity contribution < 1.29 is 0 Å². The van der Waals surface area contributed by atoms with E-state index >= 15 is 0 Å². The molecule has 0 radical (unpaired) electrons. The minimum atomic E-state index is 0.640. The fourth-order valence-corrected chi connectivity index (χ4v) is 2.71. The Bertz CT molecular complexity index is 170. The van der Waals surface area contributed by atoms with Crippen LogP contribution < -0.4 is 5.32 Å². The Hall–Kier alpha value is -0.0800. The van der Waals surface area contributed by atoms with Gasteiger partial charge in [0, 0.05) is 24.7 Å². The fraction of sp³-hybridized carbons (Fsp3) is 1.00. The number of nitrogens with one attached hydrogen (secondary N) is 1. The third-order valence-electron chi connectivity index (χ3n) is 3.55. The maximum absolute atomic E-state index is 3.41. The van der Waals surface area contributed by atoms with Gasteiger partial charge >= 0.3 is 0 Å². The Morgan fingerprint density at radius 3 is 2.64 bits per heavy atom. The van der Waals surface area contributed by atoms with Gasteiger partial charge in [0.25, 0.3) is 0 Å². The number of hydrogen-bond acceptors (Lipinski definition) is 2. The molecule has 2 heteroatoms. The third kappa shape index (κ3) is 0.798. The maximum atomic E-state index is 3.41. The molecule has 2 aliphatic heterocycles. The molecule has 11 heavy (non-hydrogen) atoms. The lowest BCUT2D eigenvalue weighted by atomic mass is 9.89. The molecule has 0 unspecified atom stereocenters. The summed E-state index contributed by atoms with van der Waals surface area (Å²) in [5.41, 5.74) is 0.640. The lowest BCUT2D eigenvalue weighted by Crippen LogP contribution is -2.66. The normalized spacial score (nSPS) is 36.0. The number of likely N-dealkylation sites (tertiary alicyclic amines) is 1. The summed E-state index contributed by atoms with van der Waals surface area (Å²) in [4.78, 5) is 2.78. The van der Waals surface area contributed by atoms with E-state index in [1.54, 1.807) is 0 Å². The molecule has 0 atom stereocenters. The van der Waals surface area contributed by atoms with Gasteiger partial charge in [0.1, 0.15) is 0 Å². The van der Waals surface area contributed by atoms with Crippen molar-refractivity contribution in [3.8, 4) is 0 Å². The van der Waals surface area contributed by atoms with Crippen molar-refractivity contribution in [1.29, 1.82) is 0 Å². The van der Waals surface area contributed by atoms with Crippen LogP contribution in [0.25, 0.3) is 0 Å². The third-order valence-corrected chi connectivity index (χ3v) is 3.55. The Balaban J connectivity index is 1.79. The van der Waals surface area contributed by atoms with E-state index in [9.17, 15) is 0 Å². The van der Waals surface area contributed by atoms with Crippen molar-refractivity contribution in [1.82, 2.24) is 10.2 Å². The molecule has 62 valence electrons. The van der Waals surface area contributed by atoms with E-state index in [1.807, 2.05) is 0 Å². The SMILES string of the molecule is C1CN(C2CC2)C2(C1)CNC2. The van der Waals surface area contributed by atoms with Crippen molar-refractivity contribution in [2.75, 3.05) is 19.6 Å². The fourth-order valence-electron chi connectivity index (χ4n) is 2.71. The predicted octanol–water partition coefficient (Wildman–Crippen LogP) is 0.587. The molecule has 0 aromatic carbocycles. The first-order valence-corrected chi connectivity index (χ1v) is 4.88. The molecule has 2 heterocycles.